The summed E-state index contributed by atoms with van der Waals surface area (Å²) < 4.78 is 0. The van der Waals surface area contributed by atoms with Crippen LogP contribution in [0.1, 0.15) is 11.1 Å². The number of nitrogens with one attached hydrogen (secondary N) is 1. The van der Waals surface area contributed by atoms with Crippen molar-refractivity contribution < 1.29 is 0 Å². The molecule has 0 aliphatic carbocycles. The number of hydrogen-bond donors (Lipinski definition) is 1. The van der Waals surface area contributed by atoms with E-state index in [9.17, 15) is 5.26 Å². The molecule has 3 aromatic rings. The predicted molar refractivity (Wildman–Crippen MR) is 118 cm³/mol. The SMILES string of the molecule is N#Cc1c(-c2ccc(Cl)cc2)nc(SCc2ccccc2)nc1N1CCNCC1. The first-order valence-corrected chi connectivity index (χ1v) is 10.8. The molecule has 0 saturated carbocycles. The first-order valence-electron chi connectivity index (χ1n) is 9.45. The molecule has 1 fully saturated rings. The van der Waals surface area contributed by atoms with Crippen LogP contribution in [0.3, 0.4) is 0 Å². The number of rotatable bonds is 5. The first kappa shape index (κ1) is 19.7. The summed E-state index contributed by atoms with van der Waals surface area (Å²) in [7, 11) is 0. The molecular weight excluding hydrogens is 402 g/mol. The van der Waals surface area contributed by atoms with Crippen molar-refractivity contribution in [3.05, 3.63) is 70.7 Å². The standard InChI is InChI=1S/C22H20ClN5S/c23-18-8-6-17(7-9-18)20-19(14-24)21(28-12-10-25-11-13-28)27-22(26-20)29-15-16-4-2-1-3-5-16/h1-9,25H,10-13,15H2. The van der Waals surface area contributed by atoms with Crippen LogP contribution in [-0.2, 0) is 5.75 Å². The average molecular weight is 422 g/mol. The van der Waals surface area contributed by atoms with Gasteiger partial charge in [-0.25, -0.2) is 9.97 Å². The van der Waals surface area contributed by atoms with Crippen molar-refractivity contribution >= 4 is 29.2 Å². The molecule has 1 saturated heterocycles. The Hall–Kier alpha value is -2.59. The fraction of sp³-hybridized carbons (Fsp3) is 0.227. The number of halogens is 1. The van der Waals surface area contributed by atoms with E-state index >= 15 is 0 Å². The summed E-state index contributed by atoms with van der Waals surface area (Å²) in [5, 5.41) is 14.6. The van der Waals surface area contributed by atoms with Crippen LogP contribution in [0, 0.1) is 11.3 Å². The van der Waals surface area contributed by atoms with E-state index in [4.69, 9.17) is 21.6 Å². The largest absolute Gasteiger partial charge is 0.353 e. The Bertz CT molecular complexity index is 1010. The number of benzene rings is 2. The van der Waals surface area contributed by atoms with Crippen molar-refractivity contribution in [3.63, 3.8) is 0 Å². The Morgan fingerprint density at radius 2 is 1.76 bits per heavy atom. The molecule has 1 aromatic heterocycles. The van der Waals surface area contributed by atoms with E-state index in [1.807, 2.05) is 42.5 Å². The highest BCUT2D eigenvalue weighted by atomic mass is 35.5. The molecule has 29 heavy (non-hydrogen) atoms. The number of aromatic nitrogens is 2. The number of anilines is 1. The summed E-state index contributed by atoms with van der Waals surface area (Å²) in [6.45, 7) is 3.37. The summed E-state index contributed by atoms with van der Waals surface area (Å²) >= 11 is 7.64. The van der Waals surface area contributed by atoms with Gasteiger partial charge in [0.05, 0.1) is 5.69 Å². The molecule has 0 radical (unpaired) electrons. The van der Waals surface area contributed by atoms with Crippen molar-refractivity contribution in [3.8, 4) is 17.3 Å². The van der Waals surface area contributed by atoms with E-state index in [0.29, 0.717) is 27.3 Å². The smallest absolute Gasteiger partial charge is 0.190 e. The van der Waals surface area contributed by atoms with Crippen molar-refractivity contribution in [1.82, 2.24) is 15.3 Å². The molecule has 146 valence electrons. The van der Waals surface area contributed by atoms with E-state index in [-0.39, 0.29) is 0 Å². The lowest BCUT2D eigenvalue weighted by atomic mass is 10.1. The van der Waals surface area contributed by atoms with Gasteiger partial charge in [0.25, 0.3) is 0 Å². The molecule has 2 aromatic carbocycles. The fourth-order valence-corrected chi connectivity index (χ4v) is 4.16. The highest BCUT2D eigenvalue weighted by Gasteiger charge is 2.22. The van der Waals surface area contributed by atoms with Gasteiger partial charge < -0.3 is 10.2 Å². The van der Waals surface area contributed by atoms with Crippen LogP contribution in [0.15, 0.2) is 59.8 Å². The van der Waals surface area contributed by atoms with E-state index in [1.54, 1.807) is 11.8 Å². The van der Waals surface area contributed by atoms with Gasteiger partial charge in [0.15, 0.2) is 11.0 Å². The van der Waals surface area contributed by atoms with Gasteiger partial charge in [0.1, 0.15) is 11.6 Å². The van der Waals surface area contributed by atoms with E-state index in [1.165, 1.54) is 5.56 Å². The van der Waals surface area contributed by atoms with Crippen molar-refractivity contribution in [2.75, 3.05) is 31.1 Å². The minimum absolute atomic E-state index is 0.512. The minimum Gasteiger partial charge on any atom is -0.353 e. The lowest BCUT2D eigenvalue weighted by Gasteiger charge is -2.29. The average Bonchev–Trinajstić information content (AvgIpc) is 2.79. The highest BCUT2D eigenvalue weighted by molar-refractivity contribution is 7.98. The van der Waals surface area contributed by atoms with E-state index in [2.05, 4.69) is 28.4 Å². The maximum Gasteiger partial charge on any atom is 0.190 e. The molecule has 5 nitrogen and oxygen atoms in total. The molecule has 1 aliphatic rings. The minimum atomic E-state index is 0.512. The van der Waals surface area contributed by atoms with Crippen LogP contribution in [0.2, 0.25) is 5.02 Å². The molecule has 0 atom stereocenters. The topological polar surface area (TPSA) is 64.8 Å². The quantitative estimate of drug-likeness (QED) is 0.487. The summed E-state index contributed by atoms with van der Waals surface area (Å²) in [6.07, 6.45) is 0. The van der Waals surface area contributed by atoms with Gasteiger partial charge in [-0.05, 0) is 17.7 Å². The van der Waals surface area contributed by atoms with Crippen LogP contribution >= 0.6 is 23.4 Å². The molecule has 0 bridgehead atoms. The molecular formula is C22H20ClN5S. The summed E-state index contributed by atoms with van der Waals surface area (Å²) in [4.78, 5) is 11.7. The second-order valence-corrected chi connectivity index (χ2v) is 8.06. The molecule has 0 unspecified atom stereocenters. The molecule has 4 rings (SSSR count). The third-order valence-electron chi connectivity index (χ3n) is 4.73. The zero-order chi connectivity index (χ0) is 20.1. The van der Waals surface area contributed by atoms with Crippen LogP contribution in [-0.4, -0.2) is 36.1 Å². The molecule has 1 aliphatic heterocycles. The summed E-state index contributed by atoms with van der Waals surface area (Å²) in [6, 6.07) is 20.0. The Kier molecular flexibility index (Phi) is 6.30. The Morgan fingerprint density at radius 1 is 1.03 bits per heavy atom. The first-order chi connectivity index (χ1) is 14.2. The van der Waals surface area contributed by atoms with Gasteiger partial charge in [0, 0.05) is 42.5 Å². The van der Waals surface area contributed by atoms with Gasteiger partial charge in [-0.3, -0.25) is 0 Å². The maximum atomic E-state index is 9.94. The molecule has 0 amide bonds. The third kappa shape index (κ3) is 4.70. The van der Waals surface area contributed by atoms with Gasteiger partial charge in [0.2, 0.25) is 0 Å². The highest BCUT2D eigenvalue weighted by Crippen LogP contribution is 2.32. The van der Waals surface area contributed by atoms with Crippen LogP contribution in [0.25, 0.3) is 11.3 Å². The Labute approximate surface area is 179 Å². The van der Waals surface area contributed by atoms with Crippen molar-refractivity contribution in [2.24, 2.45) is 0 Å². The number of piperazine rings is 1. The van der Waals surface area contributed by atoms with Gasteiger partial charge in [-0.15, -0.1) is 0 Å². The van der Waals surface area contributed by atoms with E-state index < -0.39 is 0 Å². The lowest BCUT2D eigenvalue weighted by Crippen LogP contribution is -2.44. The third-order valence-corrected chi connectivity index (χ3v) is 5.90. The molecule has 1 N–H and O–H groups in total. The lowest BCUT2D eigenvalue weighted by molar-refractivity contribution is 0.582. The maximum absolute atomic E-state index is 9.94. The molecule has 2 heterocycles. The number of nitriles is 1. The van der Waals surface area contributed by atoms with Crippen molar-refractivity contribution in [1.29, 1.82) is 5.26 Å². The van der Waals surface area contributed by atoms with Gasteiger partial charge >= 0.3 is 0 Å². The predicted octanol–water partition coefficient (Wildman–Crippen LogP) is 4.37. The monoisotopic (exact) mass is 421 g/mol. The zero-order valence-electron chi connectivity index (χ0n) is 15.8. The number of thioether (sulfide) groups is 1. The van der Waals surface area contributed by atoms with Crippen LogP contribution in [0.5, 0.6) is 0 Å². The van der Waals surface area contributed by atoms with E-state index in [0.717, 1.165) is 37.5 Å². The second-order valence-electron chi connectivity index (χ2n) is 6.68. The van der Waals surface area contributed by atoms with Crippen LogP contribution in [0.4, 0.5) is 5.82 Å². The normalized spacial score (nSPS) is 13.9. The zero-order valence-corrected chi connectivity index (χ0v) is 17.4. The van der Waals surface area contributed by atoms with Crippen molar-refractivity contribution in [2.45, 2.75) is 10.9 Å². The molecule has 0 spiro atoms. The fourth-order valence-electron chi connectivity index (χ4n) is 3.24. The Balaban J connectivity index is 1.75. The van der Waals surface area contributed by atoms with Crippen LogP contribution < -0.4 is 10.2 Å². The molecule has 7 heteroatoms. The van der Waals surface area contributed by atoms with Gasteiger partial charge in [-0.2, -0.15) is 5.26 Å². The number of hydrogen-bond acceptors (Lipinski definition) is 6. The summed E-state index contributed by atoms with van der Waals surface area (Å²) in [5.74, 6) is 1.48. The second kappa shape index (κ2) is 9.27. The summed E-state index contributed by atoms with van der Waals surface area (Å²) in [5.41, 5.74) is 3.25. The Morgan fingerprint density at radius 3 is 2.45 bits per heavy atom. The number of nitrogens with zero attached hydrogens (tertiary/aromatic N) is 4. The van der Waals surface area contributed by atoms with Gasteiger partial charge in [-0.1, -0.05) is 65.8 Å².